The van der Waals surface area contributed by atoms with Crippen LogP contribution in [0.3, 0.4) is 0 Å². The van der Waals surface area contributed by atoms with Crippen LogP contribution in [0.15, 0.2) is 61.1 Å². The van der Waals surface area contributed by atoms with Crippen LogP contribution >= 0.6 is 0 Å². The first-order valence-corrected chi connectivity index (χ1v) is 15.4. The van der Waals surface area contributed by atoms with E-state index in [-0.39, 0.29) is 41.6 Å². The number of pyridine rings is 2. The van der Waals surface area contributed by atoms with E-state index < -0.39 is 5.54 Å². The monoisotopic (exact) mass is 614 g/mol. The Morgan fingerprint density at radius 2 is 1.71 bits per heavy atom. The number of amides is 3. The van der Waals surface area contributed by atoms with E-state index in [0.717, 1.165) is 16.8 Å². The topological polar surface area (TPSA) is 126 Å². The average molecular weight is 615 g/mol. The van der Waals surface area contributed by atoms with Crippen molar-refractivity contribution in [3.63, 3.8) is 0 Å². The molecule has 0 saturated heterocycles. The predicted octanol–water partition coefficient (Wildman–Crippen LogP) is 5.85. The number of rotatable bonds is 12. The summed E-state index contributed by atoms with van der Waals surface area (Å²) in [5.74, 6) is -0.158. The number of ether oxygens (including phenoxy) is 1. The Kier molecular flexibility index (Phi) is 10.3. The number of nitrogens with one attached hydrogen (secondary N) is 3. The summed E-state index contributed by atoms with van der Waals surface area (Å²) < 4.78 is 5.81. The molecule has 2 aromatic heterocycles. The molecule has 3 amide bonds. The first kappa shape index (κ1) is 33.6. The van der Waals surface area contributed by atoms with Crippen LogP contribution in [0.1, 0.15) is 89.2 Å². The number of anilines is 3. The fourth-order valence-corrected chi connectivity index (χ4v) is 5.28. The van der Waals surface area contributed by atoms with Crippen molar-refractivity contribution < 1.29 is 19.1 Å². The lowest BCUT2D eigenvalue weighted by molar-refractivity contribution is -0.126. The molecule has 3 N–H and O–H groups in total. The van der Waals surface area contributed by atoms with E-state index in [0.29, 0.717) is 43.2 Å². The molecule has 1 aliphatic rings. The molecule has 0 fully saturated rings. The normalized spacial score (nSPS) is 14.1. The molecule has 10 nitrogen and oxygen atoms in total. The Morgan fingerprint density at radius 1 is 0.978 bits per heavy atom. The zero-order valence-electron chi connectivity index (χ0n) is 27.5. The van der Waals surface area contributed by atoms with Gasteiger partial charge in [-0.05, 0) is 88.6 Å². The number of hydrogen-bond donors (Lipinski definition) is 3. The third-order valence-electron chi connectivity index (χ3n) is 7.70. The summed E-state index contributed by atoms with van der Waals surface area (Å²) in [5, 5.41) is 9.25. The van der Waals surface area contributed by atoms with Crippen LogP contribution in [-0.4, -0.2) is 52.0 Å². The molecule has 3 aromatic rings. The zero-order chi connectivity index (χ0) is 32.8. The van der Waals surface area contributed by atoms with Crippen molar-refractivity contribution in [1.29, 1.82) is 0 Å². The maximum absolute atomic E-state index is 13.5. The van der Waals surface area contributed by atoms with Gasteiger partial charge in [0, 0.05) is 73.5 Å². The van der Waals surface area contributed by atoms with Gasteiger partial charge >= 0.3 is 0 Å². The maximum atomic E-state index is 13.5. The van der Waals surface area contributed by atoms with E-state index in [9.17, 15) is 14.4 Å². The summed E-state index contributed by atoms with van der Waals surface area (Å²) in [6.07, 6.45) is 5.89. The number of benzene rings is 1. The average Bonchev–Trinajstić information content (AvgIpc) is 3.24. The Balaban J connectivity index is 1.40. The molecule has 10 heteroatoms. The summed E-state index contributed by atoms with van der Waals surface area (Å²) in [7, 11) is 0. The van der Waals surface area contributed by atoms with E-state index >= 15 is 0 Å². The summed E-state index contributed by atoms with van der Waals surface area (Å²) in [6.45, 7) is 15.6. The first-order valence-electron chi connectivity index (χ1n) is 15.4. The molecule has 0 aliphatic carbocycles. The number of hydrogen-bond acceptors (Lipinski definition) is 7. The van der Waals surface area contributed by atoms with E-state index in [1.807, 2.05) is 65.0 Å². The second-order valence-corrected chi connectivity index (χ2v) is 13.8. The van der Waals surface area contributed by atoms with Crippen molar-refractivity contribution in [1.82, 2.24) is 15.3 Å². The van der Waals surface area contributed by atoms with Crippen molar-refractivity contribution in [3.8, 4) is 0 Å². The Morgan fingerprint density at radius 3 is 2.42 bits per heavy atom. The van der Waals surface area contributed by atoms with Crippen molar-refractivity contribution >= 4 is 34.9 Å². The van der Waals surface area contributed by atoms with E-state index in [4.69, 9.17) is 4.74 Å². The molecule has 0 spiro atoms. The largest absolute Gasteiger partial charge is 0.376 e. The van der Waals surface area contributed by atoms with Crippen LogP contribution < -0.4 is 20.9 Å². The van der Waals surface area contributed by atoms with Crippen LogP contribution in [0.4, 0.5) is 17.2 Å². The lowest BCUT2D eigenvalue weighted by atomic mass is 9.87. The minimum Gasteiger partial charge on any atom is -0.376 e. The zero-order valence-corrected chi connectivity index (χ0v) is 27.5. The van der Waals surface area contributed by atoms with Gasteiger partial charge in [0.2, 0.25) is 11.8 Å². The molecular formula is C35H46N6O4. The molecule has 240 valence electrons. The molecule has 0 atom stereocenters. The van der Waals surface area contributed by atoms with Gasteiger partial charge in [-0.25, -0.2) is 4.98 Å². The van der Waals surface area contributed by atoms with Crippen molar-refractivity contribution in [2.24, 2.45) is 0 Å². The third-order valence-corrected chi connectivity index (χ3v) is 7.70. The highest BCUT2D eigenvalue weighted by atomic mass is 16.5. The van der Waals surface area contributed by atoms with E-state index in [1.54, 1.807) is 35.6 Å². The van der Waals surface area contributed by atoms with Crippen LogP contribution in [-0.2, 0) is 26.3 Å². The molecule has 1 aromatic carbocycles. The fraction of sp³-hybridized carbons (Fsp3) is 0.457. The molecule has 0 saturated carbocycles. The van der Waals surface area contributed by atoms with Crippen LogP contribution in [0, 0.1) is 0 Å². The van der Waals surface area contributed by atoms with Crippen LogP contribution in [0.2, 0.25) is 0 Å². The Labute approximate surface area is 266 Å². The number of aromatic nitrogens is 2. The molecule has 45 heavy (non-hydrogen) atoms. The highest BCUT2D eigenvalue weighted by Gasteiger charge is 2.38. The first-order chi connectivity index (χ1) is 21.1. The molecule has 1 aliphatic heterocycles. The SMILES string of the molecule is CC(C)(CCOC(C)(C)C)NC(=O)CCC(=O)N1CC(C)(C)c2ccc(NC(=O)c3cccnc3NCc3ccncc3)cc21. The van der Waals surface area contributed by atoms with Crippen molar-refractivity contribution in [3.05, 3.63) is 77.7 Å². The van der Waals surface area contributed by atoms with Gasteiger partial charge in [0.05, 0.1) is 11.2 Å². The van der Waals surface area contributed by atoms with Gasteiger partial charge in [0.25, 0.3) is 5.91 Å². The van der Waals surface area contributed by atoms with Crippen LogP contribution in [0.5, 0.6) is 0 Å². The standard InChI is InChI=1S/C35H46N6O4/c1-33(2,3)45-20-16-35(6,7)40-29(42)12-13-30(43)41-23-34(4,5)27-11-10-25(21-28(27)41)39-32(44)26-9-8-17-37-31(26)38-22-24-14-18-36-19-15-24/h8-11,14-15,17-19,21H,12-13,16,20,22-23H2,1-7H3,(H,37,38)(H,39,44)(H,40,42). The summed E-state index contributed by atoms with van der Waals surface area (Å²) >= 11 is 0. The Bertz CT molecular complexity index is 1510. The van der Waals surface area contributed by atoms with Crippen molar-refractivity contribution in [2.75, 3.05) is 28.7 Å². The van der Waals surface area contributed by atoms with Crippen LogP contribution in [0.25, 0.3) is 0 Å². The summed E-state index contributed by atoms with van der Waals surface area (Å²) in [5.41, 5.74) is 2.76. The number of nitrogens with zero attached hydrogens (tertiary/aromatic N) is 3. The number of carbonyl (C=O) groups is 3. The maximum Gasteiger partial charge on any atom is 0.259 e. The minimum atomic E-state index is -0.455. The van der Waals surface area contributed by atoms with Gasteiger partial charge in [-0.15, -0.1) is 0 Å². The molecular weight excluding hydrogens is 568 g/mol. The highest BCUT2D eigenvalue weighted by molar-refractivity contribution is 6.08. The quantitative estimate of drug-likeness (QED) is 0.234. The Hall–Kier alpha value is -4.31. The highest BCUT2D eigenvalue weighted by Crippen LogP contribution is 2.42. The lowest BCUT2D eigenvalue weighted by Gasteiger charge is -2.28. The van der Waals surface area contributed by atoms with E-state index in [1.165, 1.54) is 0 Å². The second kappa shape index (κ2) is 13.8. The molecule has 0 unspecified atom stereocenters. The molecule has 4 rings (SSSR count). The summed E-state index contributed by atoms with van der Waals surface area (Å²) in [4.78, 5) is 49.7. The van der Waals surface area contributed by atoms with Gasteiger partial charge in [0.15, 0.2) is 0 Å². The molecule has 3 heterocycles. The lowest BCUT2D eigenvalue weighted by Crippen LogP contribution is -2.45. The molecule has 0 bridgehead atoms. The fourth-order valence-electron chi connectivity index (χ4n) is 5.28. The second-order valence-electron chi connectivity index (χ2n) is 13.8. The van der Waals surface area contributed by atoms with Crippen molar-refractivity contribution in [2.45, 2.75) is 90.8 Å². The predicted molar refractivity (Wildman–Crippen MR) is 177 cm³/mol. The van der Waals surface area contributed by atoms with Gasteiger partial charge < -0.3 is 25.6 Å². The van der Waals surface area contributed by atoms with Gasteiger partial charge in [-0.3, -0.25) is 19.4 Å². The number of carbonyl (C=O) groups excluding carboxylic acids is 3. The third kappa shape index (κ3) is 9.34. The minimum absolute atomic E-state index is 0.0781. The summed E-state index contributed by atoms with van der Waals surface area (Å²) in [6, 6.07) is 12.9. The smallest absolute Gasteiger partial charge is 0.259 e. The van der Waals surface area contributed by atoms with Gasteiger partial charge in [-0.2, -0.15) is 0 Å². The molecule has 0 radical (unpaired) electrons. The number of fused-ring (bicyclic) bond motifs is 1. The van der Waals surface area contributed by atoms with E-state index in [2.05, 4.69) is 39.8 Å². The van der Waals surface area contributed by atoms with Gasteiger partial charge in [0.1, 0.15) is 5.82 Å². The van der Waals surface area contributed by atoms with Gasteiger partial charge in [-0.1, -0.05) is 19.9 Å².